The van der Waals surface area contributed by atoms with Gasteiger partial charge in [0.25, 0.3) is 0 Å². The molecule has 0 bridgehead atoms. The molecule has 2 aliphatic rings. The predicted molar refractivity (Wildman–Crippen MR) is 89.2 cm³/mol. The average Bonchev–Trinajstić information content (AvgIpc) is 3.48. The molecule has 2 fully saturated rings. The van der Waals surface area contributed by atoms with E-state index in [1.54, 1.807) is 0 Å². The summed E-state index contributed by atoms with van der Waals surface area (Å²) in [6.45, 7) is 0. The third kappa shape index (κ3) is 3.27. The minimum atomic E-state index is -0.285. The molecule has 0 unspecified atom stereocenters. The normalized spacial score (nSPS) is 18.7. The molecule has 1 heterocycles. The van der Waals surface area contributed by atoms with Gasteiger partial charge in [-0.2, -0.15) is 0 Å². The van der Waals surface area contributed by atoms with Crippen LogP contribution in [0.4, 0.5) is 0 Å². The number of amides is 1. The zero-order valence-electron chi connectivity index (χ0n) is 13.1. The number of aromatic nitrogens is 3. The number of rotatable bonds is 6. The molecule has 0 saturated heterocycles. The van der Waals surface area contributed by atoms with Crippen LogP contribution in [-0.2, 0) is 11.8 Å². The molecule has 0 aliphatic heterocycles. The van der Waals surface area contributed by atoms with E-state index in [2.05, 4.69) is 15.5 Å². The van der Waals surface area contributed by atoms with Crippen molar-refractivity contribution in [2.24, 2.45) is 7.05 Å². The monoisotopic (exact) mass is 328 g/mol. The van der Waals surface area contributed by atoms with E-state index in [0.29, 0.717) is 12.0 Å². The fourth-order valence-corrected chi connectivity index (χ4v) is 3.66. The Kier molecular flexibility index (Phi) is 3.85. The van der Waals surface area contributed by atoms with E-state index in [-0.39, 0.29) is 11.2 Å². The standard InChI is InChI=1S/C17H20N4OS/c1-21-15(12-7-8-12)19-20-17(21)23-14(11-5-3-2-4-6-11)16(22)18-13-9-10-13/h2-6,12-14H,7-10H2,1H3,(H,18,22)/t14-/m0/s1. The van der Waals surface area contributed by atoms with Gasteiger partial charge in [0.1, 0.15) is 11.1 Å². The lowest BCUT2D eigenvalue weighted by molar-refractivity contribution is -0.120. The van der Waals surface area contributed by atoms with E-state index in [9.17, 15) is 4.79 Å². The van der Waals surface area contributed by atoms with Crippen molar-refractivity contribution in [3.8, 4) is 0 Å². The van der Waals surface area contributed by atoms with Crippen LogP contribution in [0.2, 0.25) is 0 Å². The lowest BCUT2D eigenvalue weighted by atomic mass is 10.1. The van der Waals surface area contributed by atoms with Gasteiger partial charge in [-0.1, -0.05) is 42.1 Å². The van der Waals surface area contributed by atoms with E-state index >= 15 is 0 Å². The minimum Gasteiger partial charge on any atom is -0.352 e. The maximum atomic E-state index is 12.7. The summed E-state index contributed by atoms with van der Waals surface area (Å²) in [5, 5.41) is 12.3. The van der Waals surface area contributed by atoms with Crippen LogP contribution in [0.15, 0.2) is 35.5 Å². The third-order valence-corrected chi connectivity index (χ3v) is 5.59. The van der Waals surface area contributed by atoms with Crippen LogP contribution in [0.25, 0.3) is 0 Å². The molecular formula is C17H20N4OS. The van der Waals surface area contributed by atoms with Crippen LogP contribution in [-0.4, -0.2) is 26.7 Å². The molecule has 4 rings (SSSR count). The van der Waals surface area contributed by atoms with Gasteiger partial charge in [-0.25, -0.2) is 0 Å². The summed E-state index contributed by atoms with van der Waals surface area (Å²) in [4.78, 5) is 12.7. The van der Waals surface area contributed by atoms with Gasteiger partial charge in [-0.3, -0.25) is 4.79 Å². The first-order valence-electron chi connectivity index (χ1n) is 8.13. The van der Waals surface area contributed by atoms with Gasteiger partial charge < -0.3 is 9.88 Å². The Labute approximate surface area is 139 Å². The Hall–Kier alpha value is -1.82. The highest BCUT2D eigenvalue weighted by Crippen LogP contribution is 2.41. The first kappa shape index (κ1) is 14.8. The van der Waals surface area contributed by atoms with Gasteiger partial charge >= 0.3 is 0 Å². The molecule has 1 aromatic heterocycles. The second kappa shape index (κ2) is 6.00. The second-order valence-corrected chi connectivity index (χ2v) is 7.44. The van der Waals surface area contributed by atoms with E-state index in [1.807, 2.05) is 41.9 Å². The van der Waals surface area contributed by atoms with Crippen LogP contribution >= 0.6 is 11.8 Å². The SMILES string of the molecule is Cn1c(S[C@H](C(=O)NC2CC2)c2ccccc2)nnc1C1CC1. The summed E-state index contributed by atoms with van der Waals surface area (Å²) < 4.78 is 2.04. The molecule has 23 heavy (non-hydrogen) atoms. The van der Waals surface area contributed by atoms with Crippen molar-refractivity contribution in [3.63, 3.8) is 0 Å². The lowest BCUT2D eigenvalue weighted by Crippen LogP contribution is -2.29. The first-order chi connectivity index (χ1) is 11.2. The molecule has 1 amide bonds. The van der Waals surface area contributed by atoms with Crippen LogP contribution in [0, 0.1) is 0 Å². The number of nitrogens with zero attached hydrogens (tertiary/aromatic N) is 3. The maximum Gasteiger partial charge on any atom is 0.238 e. The van der Waals surface area contributed by atoms with Crippen LogP contribution in [0.1, 0.15) is 48.2 Å². The molecule has 2 aliphatic carbocycles. The summed E-state index contributed by atoms with van der Waals surface area (Å²) in [5.41, 5.74) is 1.01. The highest BCUT2D eigenvalue weighted by molar-refractivity contribution is 8.00. The highest BCUT2D eigenvalue weighted by Gasteiger charge is 2.32. The van der Waals surface area contributed by atoms with E-state index in [1.165, 1.54) is 24.6 Å². The maximum absolute atomic E-state index is 12.7. The molecule has 1 atom stereocenters. The largest absolute Gasteiger partial charge is 0.352 e. The smallest absolute Gasteiger partial charge is 0.238 e. The molecule has 5 nitrogen and oxygen atoms in total. The van der Waals surface area contributed by atoms with Crippen molar-refractivity contribution in [2.75, 3.05) is 0 Å². The molecule has 2 aromatic rings. The molecule has 2 saturated carbocycles. The molecular weight excluding hydrogens is 308 g/mol. The Balaban J connectivity index is 1.58. The molecule has 120 valence electrons. The number of carbonyl (C=O) groups excluding carboxylic acids is 1. The third-order valence-electron chi connectivity index (χ3n) is 4.30. The number of hydrogen-bond donors (Lipinski definition) is 1. The first-order valence-corrected chi connectivity index (χ1v) is 9.01. The van der Waals surface area contributed by atoms with E-state index in [4.69, 9.17) is 0 Å². The Morgan fingerprint density at radius 1 is 1.22 bits per heavy atom. The number of hydrogen-bond acceptors (Lipinski definition) is 4. The van der Waals surface area contributed by atoms with Crippen molar-refractivity contribution in [1.82, 2.24) is 20.1 Å². The van der Waals surface area contributed by atoms with Crippen molar-refractivity contribution in [1.29, 1.82) is 0 Å². The molecule has 6 heteroatoms. The zero-order valence-corrected chi connectivity index (χ0v) is 13.9. The van der Waals surface area contributed by atoms with E-state index in [0.717, 1.165) is 29.4 Å². The zero-order chi connectivity index (χ0) is 15.8. The lowest BCUT2D eigenvalue weighted by Gasteiger charge is -2.16. The summed E-state index contributed by atoms with van der Waals surface area (Å²) >= 11 is 1.49. The van der Waals surface area contributed by atoms with Gasteiger partial charge in [0, 0.05) is 19.0 Å². The van der Waals surface area contributed by atoms with Crippen molar-refractivity contribution in [2.45, 2.75) is 48.0 Å². The van der Waals surface area contributed by atoms with Gasteiger partial charge in [-0.15, -0.1) is 10.2 Å². The summed E-state index contributed by atoms with van der Waals surface area (Å²) in [6.07, 6.45) is 4.57. The van der Waals surface area contributed by atoms with Crippen molar-refractivity contribution in [3.05, 3.63) is 41.7 Å². The fourth-order valence-electron chi connectivity index (χ4n) is 2.64. The van der Waals surface area contributed by atoms with Gasteiger partial charge in [0.05, 0.1) is 0 Å². The van der Waals surface area contributed by atoms with Crippen molar-refractivity contribution < 1.29 is 4.79 Å². The highest BCUT2D eigenvalue weighted by atomic mass is 32.2. The number of thioether (sulfide) groups is 1. The Morgan fingerprint density at radius 2 is 1.96 bits per heavy atom. The van der Waals surface area contributed by atoms with Gasteiger partial charge in [0.2, 0.25) is 5.91 Å². The number of carbonyl (C=O) groups is 1. The molecule has 0 radical (unpaired) electrons. The topological polar surface area (TPSA) is 59.8 Å². The minimum absolute atomic E-state index is 0.0691. The summed E-state index contributed by atoms with van der Waals surface area (Å²) in [6, 6.07) is 10.3. The quantitative estimate of drug-likeness (QED) is 0.829. The molecule has 1 aromatic carbocycles. The van der Waals surface area contributed by atoms with Gasteiger partial charge in [0.15, 0.2) is 5.16 Å². The van der Waals surface area contributed by atoms with Crippen molar-refractivity contribution >= 4 is 17.7 Å². The second-order valence-electron chi connectivity index (χ2n) is 6.37. The van der Waals surface area contributed by atoms with E-state index < -0.39 is 0 Å². The number of benzene rings is 1. The fraction of sp³-hybridized carbons (Fsp3) is 0.471. The predicted octanol–water partition coefficient (Wildman–Crippen LogP) is 2.80. The molecule has 1 N–H and O–H groups in total. The Morgan fingerprint density at radius 3 is 2.61 bits per heavy atom. The van der Waals surface area contributed by atoms with Crippen LogP contribution < -0.4 is 5.32 Å². The Bertz CT molecular complexity index is 707. The number of nitrogens with one attached hydrogen (secondary N) is 1. The van der Waals surface area contributed by atoms with Gasteiger partial charge in [-0.05, 0) is 31.2 Å². The molecule has 0 spiro atoms. The summed E-state index contributed by atoms with van der Waals surface area (Å²) in [7, 11) is 2.00. The summed E-state index contributed by atoms with van der Waals surface area (Å²) in [5.74, 6) is 1.67. The van der Waals surface area contributed by atoms with Crippen LogP contribution in [0.3, 0.4) is 0 Å². The average molecular weight is 328 g/mol. The van der Waals surface area contributed by atoms with Crippen LogP contribution in [0.5, 0.6) is 0 Å².